The van der Waals surface area contributed by atoms with Crippen LogP contribution in [0.2, 0.25) is 0 Å². The third-order valence-corrected chi connectivity index (χ3v) is 3.35. The van der Waals surface area contributed by atoms with Crippen molar-refractivity contribution in [2.24, 2.45) is 11.7 Å². The number of nitrogens with zero attached hydrogens (tertiary/aromatic N) is 1. The minimum absolute atomic E-state index is 0.0648. The Morgan fingerprint density at radius 1 is 1.33 bits per heavy atom. The lowest BCUT2D eigenvalue weighted by Gasteiger charge is -2.32. The minimum Gasteiger partial charge on any atom is -0.352 e. The van der Waals surface area contributed by atoms with Gasteiger partial charge in [-0.1, -0.05) is 13.8 Å². The van der Waals surface area contributed by atoms with E-state index in [4.69, 9.17) is 5.73 Å². The SMILES string of the molecule is CC(=O)N1CCC(NC(=O)[C@@H](N)CC(C)C)CC1. The van der Waals surface area contributed by atoms with Crippen molar-refractivity contribution >= 4 is 11.8 Å². The van der Waals surface area contributed by atoms with E-state index in [1.807, 2.05) is 4.90 Å². The van der Waals surface area contributed by atoms with Crippen LogP contribution < -0.4 is 11.1 Å². The zero-order valence-electron chi connectivity index (χ0n) is 11.6. The second-order valence-electron chi connectivity index (χ2n) is 5.52. The van der Waals surface area contributed by atoms with Gasteiger partial charge in [0, 0.05) is 26.1 Å². The lowest BCUT2D eigenvalue weighted by Crippen LogP contribution is -2.50. The average molecular weight is 255 g/mol. The van der Waals surface area contributed by atoms with Gasteiger partial charge < -0.3 is 16.0 Å². The zero-order valence-corrected chi connectivity index (χ0v) is 11.6. The Morgan fingerprint density at radius 3 is 2.33 bits per heavy atom. The first-order chi connectivity index (χ1) is 8.40. The smallest absolute Gasteiger partial charge is 0.237 e. The highest BCUT2D eigenvalue weighted by molar-refractivity contribution is 5.81. The van der Waals surface area contributed by atoms with Crippen LogP contribution in [-0.2, 0) is 9.59 Å². The van der Waals surface area contributed by atoms with Gasteiger partial charge in [0.05, 0.1) is 6.04 Å². The summed E-state index contributed by atoms with van der Waals surface area (Å²) in [6, 6.07) is -0.262. The first-order valence-corrected chi connectivity index (χ1v) is 6.71. The zero-order chi connectivity index (χ0) is 13.7. The van der Waals surface area contributed by atoms with E-state index < -0.39 is 6.04 Å². The van der Waals surface area contributed by atoms with Crippen molar-refractivity contribution in [3.05, 3.63) is 0 Å². The molecule has 0 unspecified atom stereocenters. The fraction of sp³-hybridized carbons (Fsp3) is 0.846. The van der Waals surface area contributed by atoms with E-state index in [-0.39, 0.29) is 17.9 Å². The summed E-state index contributed by atoms with van der Waals surface area (Å²) in [5.74, 6) is 0.464. The molecule has 0 aromatic heterocycles. The van der Waals surface area contributed by atoms with Crippen LogP contribution in [0.1, 0.15) is 40.0 Å². The monoisotopic (exact) mass is 255 g/mol. The highest BCUT2D eigenvalue weighted by Crippen LogP contribution is 2.11. The summed E-state index contributed by atoms with van der Waals surface area (Å²) < 4.78 is 0. The molecule has 0 aromatic rings. The van der Waals surface area contributed by atoms with Gasteiger partial charge in [0.1, 0.15) is 0 Å². The molecule has 104 valence electrons. The van der Waals surface area contributed by atoms with Crippen LogP contribution in [0, 0.1) is 5.92 Å². The molecule has 3 N–H and O–H groups in total. The Balaban J connectivity index is 2.32. The van der Waals surface area contributed by atoms with Gasteiger partial charge in [0.15, 0.2) is 0 Å². The number of amides is 2. The van der Waals surface area contributed by atoms with Gasteiger partial charge >= 0.3 is 0 Å². The fourth-order valence-corrected chi connectivity index (χ4v) is 2.26. The Bertz CT molecular complexity index is 297. The van der Waals surface area contributed by atoms with Gasteiger partial charge in [0.2, 0.25) is 11.8 Å². The number of nitrogens with one attached hydrogen (secondary N) is 1. The molecule has 1 saturated heterocycles. The molecule has 2 amide bonds. The lowest BCUT2D eigenvalue weighted by atomic mass is 10.0. The van der Waals surface area contributed by atoms with Crippen LogP contribution >= 0.6 is 0 Å². The molecule has 0 radical (unpaired) electrons. The van der Waals surface area contributed by atoms with E-state index in [9.17, 15) is 9.59 Å². The van der Waals surface area contributed by atoms with Crippen LogP contribution in [0.15, 0.2) is 0 Å². The van der Waals surface area contributed by atoms with Crippen LogP contribution in [0.25, 0.3) is 0 Å². The molecule has 0 spiro atoms. The third kappa shape index (κ3) is 4.64. The largest absolute Gasteiger partial charge is 0.352 e. The second kappa shape index (κ2) is 6.73. The van der Waals surface area contributed by atoms with Gasteiger partial charge in [-0.15, -0.1) is 0 Å². The van der Waals surface area contributed by atoms with E-state index in [1.54, 1.807) is 6.92 Å². The molecule has 1 aliphatic heterocycles. The molecule has 0 aromatic carbocycles. The van der Waals surface area contributed by atoms with Crippen molar-refractivity contribution in [1.82, 2.24) is 10.2 Å². The first-order valence-electron chi connectivity index (χ1n) is 6.71. The molecule has 1 fully saturated rings. The summed E-state index contributed by atoms with van der Waals surface area (Å²) in [6.07, 6.45) is 2.34. The number of carbonyl (C=O) groups excluding carboxylic acids is 2. The molecule has 1 atom stereocenters. The average Bonchev–Trinajstić information content (AvgIpc) is 2.28. The van der Waals surface area contributed by atoms with Gasteiger partial charge in [-0.05, 0) is 25.2 Å². The molecular formula is C13H25N3O2. The molecule has 0 bridgehead atoms. The highest BCUT2D eigenvalue weighted by Gasteiger charge is 2.24. The second-order valence-corrected chi connectivity index (χ2v) is 5.52. The van der Waals surface area contributed by atoms with Crippen molar-refractivity contribution in [3.63, 3.8) is 0 Å². The summed E-state index contributed by atoms with van der Waals surface area (Å²) in [7, 11) is 0. The van der Waals surface area contributed by atoms with Crippen LogP contribution in [0.4, 0.5) is 0 Å². The summed E-state index contributed by atoms with van der Waals surface area (Å²) in [4.78, 5) is 24.8. The molecule has 18 heavy (non-hydrogen) atoms. The van der Waals surface area contributed by atoms with Crippen LogP contribution in [0.3, 0.4) is 0 Å². The van der Waals surface area contributed by atoms with E-state index >= 15 is 0 Å². The van der Waals surface area contributed by atoms with Crippen molar-refractivity contribution in [1.29, 1.82) is 0 Å². The van der Waals surface area contributed by atoms with Gasteiger partial charge in [-0.2, -0.15) is 0 Å². The number of hydrogen-bond donors (Lipinski definition) is 2. The summed E-state index contributed by atoms with van der Waals surface area (Å²) in [5.41, 5.74) is 5.83. The Morgan fingerprint density at radius 2 is 1.89 bits per heavy atom. The van der Waals surface area contributed by atoms with E-state index in [0.29, 0.717) is 12.3 Å². The Kier molecular flexibility index (Phi) is 5.59. The summed E-state index contributed by atoms with van der Waals surface area (Å²) in [6.45, 7) is 7.13. The number of nitrogens with two attached hydrogens (primary N) is 1. The summed E-state index contributed by atoms with van der Waals surface area (Å²) in [5, 5.41) is 2.98. The molecule has 5 heteroatoms. The Labute approximate surface area is 109 Å². The van der Waals surface area contributed by atoms with Gasteiger partial charge in [0.25, 0.3) is 0 Å². The number of hydrogen-bond acceptors (Lipinski definition) is 3. The van der Waals surface area contributed by atoms with E-state index in [0.717, 1.165) is 25.9 Å². The predicted molar refractivity (Wildman–Crippen MR) is 70.8 cm³/mol. The maximum atomic E-state index is 11.8. The highest BCUT2D eigenvalue weighted by atomic mass is 16.2. The lowest BCUT2D eigenvalue weighted by molar-refractivity contribution is -0.130. The van der Waals surface area contributed by atoms with Crippen molar-refractivity contribution in [2.75, 3.05) is 13.1 Å². The quantitative estimate of drug-likeness (QED) is 0.767. The number of rotatable bonds is 4. The number of carbonyl (C=O) groups is 2. The van der Waals surface area contributed by atoms with Gasteiger partial charge in [-0.25, -0.2) is 0 Å². The van der Waals surface area contributed by atoms with Crippen LogP contribution in [-0.4, -0.2) is 41.9 Å². The third-order valence-electron chi connectivity index (χ3n) is 3.35. The maximum absolute atomic E-state index is 11.8. The molecule has 1 aliphatic rings. The minimum atomic E-state index is -0.421. The van der Waals surface area contributed by atoms with Crippen LogP contribution in [0.5, 0.6) is 0 Å². The molecule has 0 aliphatic carbocycles. The van der Waals surface area contributed by atoms with Crippen molar-refractivity contribution < 1.29 is 9.59 Å². The molecular weight excluding hydrogens is 230 g/mol. The van der Waals surface area contributed by atoms with Crippen molar-refractivity contribution in [3.8, 4) is 0 Å². The first kappa shape index (κ1) is 15.0. The van der Waals surface area contributed by atoms with Gasteiger partial charge in [-0.3, -0.25) is 9.59 Å². The Hall–Kier alpha value is -1.10. The molecule has 1 rings (SSSR count). The molecule has 1 heterocycles. The number of piperidine rings is 1. The standard InChI is InChI=1S/C13H25N3O2/c1-9(2)8-12(14)13(18)15-11-4-6-16(7-5-11)10(3)17/h9,11-12H,4-8,14H2,1-3H3,(H,15,18)/t12-/m0/s1. The maximum Gasteiger partial charge on any atom is 0.237 e. The predicted octanol–water partition coefficient (Wildman–Crippen LogP) is 0.487. The van der Waals surface area contributed by atoms with Crippen molar-refractivity contribution in [2.45, 2.75) is 52.1 Å². The fourth-order valence-electron chi connectivity index (χ4n) is 2.26. The summed E-state index contributed by atoms with van der Waals surface area (Å²) >= 11 is 0. The van der Waals surface area contributed by atoms with E-state index in [2.05, 4.69) is 19.2 Å². The van der Waals surface area contributed by atoms with E-state index in [1.165, 1.54) is 0 Å². The normalized spacial score (nSPS) is 18.8. The topological polar surface area (TPSA) is 75.4 Å². The number of likely N-dealkylation sites (tertiary alicyclic amines) is 1. The molecule has 5 nitrogen and oxygen atoms in total. The molecule has 0 saturated carbocycles.